The molecule has 134 valence electrons. The third-order valence-corrected chi connectivity index (χ3v) is 4.46. The Morgan fingerprint density at radius 1 is 1.28 bits per heavy atom. The van der Waals surface area contributed by atoms with Crippen LogP contribution in [0.4, 0.5) is 5.69 Å². The summed E-state index contributed by atoms with van der Waals surface area (Å²) in [5.74, 6) is 0.139. The predicted molar refractivity (Wildman–Crippen MR) is 95.9 cm³/mol. The van der Waals surface area contributed by atoms with Gasteiger partial charge in [0.2, 0.25) is 15.9 Å². The summed E-state index contributed by atoms with van der Waals surface area (Å²) in [5, 5.41) is 2.69. The first kappa shape index (κ1) is 18.7. The van der Waals surface area contributed by atoms with E-state index < -0.39 is 15.9 Å². The SMILES string of the molecule is CCOc1cccc(N(CC(=O)NCc2cccnc2)S(C)(=O)=O)c1. The Balaban J connectivity index is 2.10. The lowest BCUT2D eigenvalue weighted by atomic mass is 10.3. The third kappa shape index (κ3) is 5.75. The van der Waals surface area contributed by atoms with Gasteiger partial charge in [0.15, 0.2) is 0 Å². The molecule has 0 bridgehead atoms. The Bertz CT molecular complexity index is 810. The van der Waals surface area contributed by atoms with Crippen LogP contribution in [-0.4, -0.2) is 38.7 Å². The quantitative estimate of drug-likeness (QED) is 0.769. The average molecular weight is 363 g/mol. The zero-order chi connectivity index (χ0) is 18.3. The second kappa shape index (κ2) is 8.48. The van der Waals surface area contributed by atoms with Crippen molar-refractivity contribution >= 4 is 21.6 Å². The molecule has 0 aliphatic carbocycles. The van der Waals surface area contributed by atoms with Crippen molar-refractivity contribution in [3.63, 3.8) is 0 Å². The fourth-order valence-electron chi connectivity index (χ4n) is 2.18. The van der Waals surface area contributed by atoms with Crippen LogP contribution >= 0.6 is 0 Å². The molecule has 2 aromatic rings. The monoisotopic (exact) mass is 363 g/mol. The highest BCUT2D eigenvalue weighted by atomic mass is 32.2. The second-order valence-corrected chi connectivity index (χ2v) is 7.24. The molecule has 0 spiro atoms. The molecule has 1 aromatic heterocycles. The average Bonchev–Trinajstić information content (AvgIpc) is 2.58. The van der Waals surface area contributed by atoms with Gasteiger partial charge >= 0.3 is 0 Å². The fraction of sp³-hybridized carbons (Fsp3) is 0.294. The Labute approximate surface area is 147 Å². The minimum Gasteiger partial charge on any atom is -0.494 e. The molecular weight excluding hydrogens is 342 g/mol. The predicted octanol–water partition coefficient (Wildman–Crippen LogP) is 1.56. The fourth-order valence-corrected chi connectivity index (χ4v) is 3.03. The number of sulfonamides is 1. The van der Waals surface area contributed by atoms with E-state index in [-0.39, 0.29) is 13.1 Å². The summed E-state index contributed by atoms with van der Waals surface area (Å²) in [5.41, 5.74) is 1.21. The highest BCUT2D eigenvalue weighted by Gasteiger charge is 2.21. The van der Waals surface area contributed by atoms with Crippen molar-refractivity contribution in [2.75, 3.05) is 23.7 Å². The Morgan fingerprint density at radius 2 is 2.08 bits per heavy atom. The van der Waals surface area contributed by atoms with Crippen molar-refractivity contribution in [1.29, 1.82) is 0 Å². The number of carbonyl (C=O) groups is 1. The number of pyridine rings is 1. The summed E-state index contributed by atoms with van der Waals surface area (Å²) >= 11 is 0. The molecule has 8 heteroatoms. The molecule has 0 atom stereocenters. The molecule has 0 saturated heterocycles. The molecule has 0 radical (unpaired) electrons. The van der Waals surface area contributed by atoms with Crippen LogP contribution < -0.4 is 14.4 Å². The molecule has 7 nitrogen and oxygen atoms in total. The van der Waals surface area contributed by atoms with Gasteiger partial charge in [0.25, 0.3) is 0 Å². The summed E-state index contributed by atoms with van der Waals surface area (Å²) in [6.45, 7) is 2.28. The van der Waals surface area contributed by atoms with Crippen molar-refractivity contribution in [3.05, 3.63) is 54.4 Å². The van der Waals surface area contributed by atoms with E-state index in [1.54, 1.807) is 42.7 Å². The van der Waals surface area contributed by atoms with Crippen LogP contribution in [0.25, 0.3) is 0 Å². The number of hydrogen-bond donors (Lipinski definition) is 1. The van der Waals surface area contributed by atoms with Crippen LogP contribution in [-0.2, 0) is 21.4 Å². The van der Waals surface area contributed by atoms with Crippen molar-refractivity contribution in [2.45, 2.75) is 13.5 Å². The molecule has 0 saturated carbocycles. The maximum Gasteiger partial charge on any atom is 0.241 e. The van der Waals surface area contributed by atoms with E-state index in [1.807, 2.05) is 13.0 Å². The number of amides is 1. The smallest absolute Gasteiger partial charge is 0.241 e. The highest BCUT2D eigenvalue weighted by molar-refractivity contribution is 7.92. The standard InChI is InChI=1S/C17H21N3O4S/c1-3-24-16-8-4-7-15(10-16)20(25(2,22)23)13-17(21)19-12-14-6-5-9-18-11-14/h4-11H,3,12-13H2,1-2H3,(H,19,21). The summed E-state index contributed by atoms with van der Waals surface area (Å²) in [7, 11) is -3.62. The number of anilines is 1. The van der Waals surface area contributed by atoms with Gasteiger partial charge in [-0.25, -0.2) is 8.42 Å². The number of nitrogens with zero attached hydrogens (tertiary/aromatic N) is 2. The zero-order valence-corrected chi connectivity index (χ0v) is 15.0. The Kier molecular flexibility index (Phi) is 6.35. The molecule has 0 aliphatic rings. The van der Waals surface area contributed by atoms with E-state index in [2.05, 4.69) is 10.3 Å². The van der Waals surface area contributed by atoms with Crippen LogP contribution in [0.2, 0.25) is 0 Å². The Hall–Kier alpha value is -2.61. The minimum absolute atomic E-state index is 0.281. The van der Waals surface area contributed by atoms with Crippen molar-refractivity contribution < 1.29 is 17.9 Å². The zero-order valence-electron chi connectivity index (χ0n) is 14.2. The molecule has 0 aliphatic heterocycles. The maximum absolute atomic E-state index is 12.2. The van der Waals surface area contributed by atoms with Gasteiger partial charge in [0, 0.05) is 25.0 Å². The van der Waals surface area contributed by atoms with Crippen LogP contribution in [0.5, 0.6) is 5.75 Å². The maximum atomic E-state index is 12.2. The van der Waals surface area contributed by atoms with Crippen LogP contribution in [0.1, 0.15) is 12.5 Å². The van der Waals surface area contributed by atoms with Crippen LogP contribution in [0.15, 0.2) is 48.8 Å². The largest absolute Gasteiger partial charge is 0.494 e. The lowest BCUT2D eigenvalue weighted by Gasteiger charge is -2.22. The lowest BCUT2D eigenvalue weighted by molar-refractivity contribution is -0.119. The number of benzene rings is 1. The van der Waals surface area contributed by atoms with Crippen molar-refractivity contribution in [2.24, 2.45) is 0 Å². The molecule has 1 N–H and O–H groups in total. The number of aromatic nitrogens is 1. The minimum atomic E-state index is -3.62. The van der Waals surface area contributed by atoms with E-state index in [4.69, 9.17) is 4.74 Å². The van der Waals surface area contributed by atoms with Gasteiger partial charge in [-0.1, -0.05) is 12.1 Å². The van der Waals surface area contributed by atoms with Crippen LogP contribution in [0.3, 0.4) is 0 Å². The number of nitrogens with one attached hydrogen (secondary N) is 1. The van der Waals surface area contributed by atoms with Gasteiger partial charge in [0.1, 0.15) is 12.3 Å². The van der Waals surface area contributed by atoms with Gasteiger partial charge in [-0.05, 0) is 30.7 Å². The van der Waals surface area contributed by atoms with Gasteiger partial charge < -0.3 is 10.1 Å². The first-order chi connectivity index (χ1) is 11.9. The number of carbonyl (C=O) groups excluding carboxylic acids is 1. The summed E-state index contributed by atoms with van der Waals surface area (Å²) in [6, 6.07) is 10.2. The van der Waals surface area contributed by atoms with Crippen LogP contribution in [0, 0.1) is 0 Å². The van der Waals surface area contributed by atoms with Gasteiger partial charge in [-0.15, -0.1) is 0 Å². The third-order valence-electron chi connectivity index (χ3n) is 3.32. The normalized spacial score (nSPS) is 11.0. The first-order valence-electron chi connectivity index (χ1n) is 7.76. The van der Waals surface area contributed by atoms with Gasteiger partial charge in [-0.3, -0.25) is 14.1 Å². The topological polar surface area (TPSA) is 88.6 Å². The van der Waals surface area contributed by atoms with Gasteiger partial charge in [-0.2, -0.15) is 0 Å². The molecule has 0 unspecified atom stereocenters. The second-order valence-electron chi connectivity index (χ2n) is 5.34. The lowest BCUT2D eigenvalue weighted by Crippen LogP contribution is -2.40. The summed E-state index contributed by atoms with van der Waals surface area (Å²) < 4.78 is 30.7. The molecular formula is C17H21N3O4S. The molecule has 1 aromatic carbocycles. The number of rotatable bonds is 8. The molecule has 25 heavy (non-hydrogen) atoms. The summed E-state index contributed by atoms with van der Waals surface area (Å²) in [6.07, 6.45) is 4.34. The number of hydrogen-bond acceptors (Lipinski definition) is 5. The Morgan fingerprint density at radius 3 is 2.72 bits per heavy atom. The van der Waals surface area contributed by atoms with E-state index >= 15 is 0 Å². The van der Waals surface area contributed by atoms with Crippen molar-refractivity contribution in [3.8, 4) is 5.75 Å². The summed E-state index contributed by atoms with van der Waals surface area (Å²) in [4.78, 5) is 16.2. The van der Waals surface area contributed by atoms with Gasteiger partial charge in [0.05, 0.1) is 18.6 Å². The highest BCUT2D eigenvalue weighted by Crippen LogP contribution is 2.23. The van der Waals surface area contributed by atoms with E-state index in [9.17, 15) is 13.2 Å². The van der Waals surface area contributed by atoms with Crippen molar-refractivity contribution in [1.82, 2.24) is 10.3 Å². The molecule has 0 fully saturated rings. The molecule has 2 rings (SSSR count). The number of ether oxygens (including phenoxy) is 1. The first-order valence-corrected chi connectivity index (χ1v) is 9.61. The van der Waals surface area contributed by atoms with E-state index in [1.165, 1.54) is 0 Å². The molecule has 1 amide bonds. The van der Waals surface area contributed by atoms with E-state index in [0.29, 0.717) is 18.0 Å². The molecule has 1 heterocycles. The van der Waals surface area contributed by atoms with E-state index in [0.717, 1.165) is 16.1 Å².